The van der Waals surface area contributed by atoms with Crippen LogP contribution in [0.3, 0.4) is 0 Å². The van der Waals surface area contributed by atoms with Gasteiger partial charge in [-0.1, -0.05) is 0 Å². The number of hydrogen-bond donors (Lipinski definition) is 1. The first kappa shape index (κ1) is 12.5. The number of hydrogen-bond acceptors (Lipinski definition) is 3. The van der Waals surface area contributed by atoms with Gasteiger partial charge in [-0.3, -0.25) is 0 Å². The van der Waals surface area contributed by atoms with E-state index >= 15 is 0 Å². The van der Waals surface area contributed by atoms with Gasteiger partial charge >= 0.3 is 0 Å². The number of ether oxygens (including phenoxy) is 1. The lowest BCUT2D eigenvalue weighted by Gasteiger charge is -2.11. The van der Waals surface area contributed by atoms with E-state index in [-0.39, 0.29) is 10.9 Å². The van der Waals surface area contributed by atoms with Crippen molar-refractivity contribution in [1.29, 1.82) is 0 Å². The molecule has 1 aliphatic rings. The fraction of sp³-hybridized carbons (Fsp3) is 0.455. The first-order valence-corrected chi connectivity index (χ1v) is 6.83. The molecule has 17 heavy (non-hydrogen) atoms. The zero-order valence-electron chi connectivity index (χ0n) is 9.44. The molecule has 1 aromatic rings. The molecule has 1 unspecified atom stereocenters. The van der Waals surface area contributed by atoms with Gasteiger partial charge in [-0.25, -0.2) is 17.5 Å². The largest absolute Gasteiger partial charge is 0.380 e. The lowest BCUT2D eigenvalue weighted by Crippen LogP contribution is -2.35. The molecule has 1 N–H and O–H groups in total. The van der Waals surface area contributed by atoms with Crippen LogP contribution in [0.15, 0.2) is 23.1 Å². The maximum atomic E-state index is 13.1. The summed E-state index contributed by atoms with van der Waals surface area (Å²) in [6, 6.07) is 3.56. The second-order valence-electron chi connectivity index (χ2n) is 4.09. The molecule has 0 amide bonds. The van der Waals surface area contributed by atoms with Gasteiger partial charge in [0.25, 0.3) is 0 Å². The molecule has 0 radical (unpaired) electrons. The van der Waals surface area contributed by atoms with Crippen LogP contribution >= 0.6 is 0 Å². The van der Waals surface area contributed by atoms with Gasteiger partial charge in [0.05, 0.1) is 11.5 Å². The summed E-state index contributed by atoms with van der Waals surface area (Å²) < 4.78 is 44.6. The van der Waals surface area contributed by atoms with Crippen LogP contribution < -0.4 is 4.72 Å². The molecule has 1 aliphatic heterocycles. The van der Waals surface area contributed by atoms with Gasteiger partial charge in [-0.05, 0) is 37.1 Å². The zero-order chi connectivity index (χ0) is 12.5. The molecule has 1 atom stereocenters. The number of aryl methyl sites for hydroxylation is 1. The number of halogens is 1. The van der Waals surface area contributed by atoms with Gasteiger partial charge in [0.1, 0.15) is 5.82 Å². The molecule has 1 fully saturated rings. The first-order valence-electron chi connectivity index (χ1n) is 5.35. The van der Waals surface area contributed by atoms with Gasteiger partial charge in [-0.2, -0.15) is 0 Å². The molecule has 0 saturated carbocycles. The van der Waals surface area contributed by atoms with Crippen LogP contribution in [0.25, 0.3) is 0 Å². The first-order chi connectivity index (χ1) is 7.99. The molecule has 0 bridgehead atoms. The van der Waals surface area contributed by atoms with Crippen LogP contribution in [0.5, 0.6) is 0 Å². The summed E-state index contributed by atoms with van der Waals surface area (Å²) in [5, 5.41) is 0. The molecule has 1 aromatic carbocycles. The monoisotopic (exact) mass is 259 g/mol. The van der Waals surface area contributed by atoms with E-state index in [2.05, 4.69) is 4.72 Å². The van der Waals surface area contributed by atoms with Crippen LogP contribution in [0.2, 0.25) is 0 Å². The maximum Gasteiger partial charge on any atom is 0.240 e. The van der Waals surface area contributed by atoms with Crippen molar-refractivity contribution in [3.63, 3.8) is 0 Å². The van der Waals surface area contributed by atoms with E-state index in [9.17, 15) is 12.8 Å². The Kier molecular flexibility index (Phi) is 3.46. The molecule has 1 saturated heterocycles. The van der Waals surface area contributed by atoms with Crippen molar-refractivity contribution in [2.45, 2.75) is 24.3 Å². The summed E-state index contributed by atoms with van der Waals surface area (Å²) in [7, 11) is -3.58. The van der Waals surface area contributed by atoms with Crippen LogP contribution in [-0.2, 0) is 14.8 Å². The normalized spacial score (nSPS) is 20.7. The summed E-state index contributed by atoms with van der Waals surface area (Å²) in [6.07, 6.45) is 0.666. The number of benzene rings is 1. The highest BCUT2D eigenvalue weighted by molar-refractivity contribution is 7.89. The molecule has 0 aromatic heterocycles. The quantitative estimate of drug-likeness (QED) is 0.887. The second-order valence-corrected chi connectivity index (χ2v) is 5.81. The topological polar surface area (TPSA) is 55.4 Å². The van der Waals surface area contributed by atoms with E-state index in [4.69, 9.17) is 4.74 Å². The Bertz CT molecular complexity index is 509. The Morgan fingerprint density at radius 1 is 1.47 bits per heavy atom. The third kappa shape index (κ3) is 2.83. The molecule has 0 aliphatic carbocycles. The Labute approximate surface area is 99.8 Å². The molecule has 94 valence electrons. The van der Waals surface area contributed by atoms with Gasteiger partial charge in [0, 0.05) is 12.6 Å². The van der Waals surface area contributed by atoms with E-state index in [1.54, 1.807) is 0 Å². The average molecular weight is 259 g/mol. The summed E-state index contributed by atoms with van der Waals surface area (Å²) in [5.41, 5.74) is 0.315. The average Bonchev–Trinajstić information content (AvgIpc) is 2.73. The Morgan fingerprint density at radius 3 is 2.82 bits per heavy atom. The van der Waals surface area contributed by atoms with Crippen LogP contribution in [-0.4, -0.2) is 27.7 Å². The van der Waals surface area contributed by atoms with Gasteiger partial charge in [0.15, 0.2) is 0 Å². The van der Waals surface area contributed by atoms with Gasteiger partial charge in [0.2, 0.25) is 10.0 Å². The highest BCUT2D eigenvalue weighted by Crippen LogP contribution is 2.16. The van der Waals surface area contributed by atoms with E-state index < -0.39 is 15.8 Å². The Balaban J connectivity index is 2.21. The van der Waals surface area contributed by atoms with Crippen molar-refractivity contribution in [3.05, 3.63) is 29.6 Å². The lowest BCUT2D eigenvalue weighted by molar-refractivity contribution is 0.192. The summed E-state index contributed by atoms with van der Waals surface area (Å²) in [4.78, 5) is 0.0864. The number of nitrogens with one attached hydrogen (secondary N) is 1. The predicted molar refractivity (Wildman–Crippen MR) is 60.7 cm³/mol. The minimum Gasteiger partial charge on any atom is -0.380 e. The fourth-order valence-electron chi connectivity index (χ4n) is 1.70. The van der Waals surface area contributed by atoms with E-state index in [1.165, 1.54) is 19.1 Å². The molecule has 6 heteroatoms. The summed E-state index contributed by atoms with van der Waals surface area (Å²) in [6.45, 7) is 2.49. The molecule has 2 rings (SSSR count). The van der Waals surface area contributed by atoms with Crippen LogP contribution in [0.1, 0.15) is 12.0 Å². The highest BCUT2D eigenvalue weighted by Gasteiger charge is 2.23. The van der Waals surface area contributed by atoms with Crippen molar-refractivity contribution < 1.29 is 17.5 Å². The van der Waals surface area contributed by atoms with Crippen molar-refractivity contribution in [3.8, 4) is 0 Å². The lowest BCUT2D eigenvalue weighted by atomic mass is 10.2. The van der Waals surface area contributed by atoms with Crippen LogP contribution in [0, 0.1) is 12.7 Å². The number of sulfonamides is 1. The van der Waals surface area contributed by atoms with Crippen molar-refractivity contribution in [1.82, 2.24) is 4.72 Å². The van der Waals surface area contributed by atoms with Gasteiger partial charge in [-0.15, -0.1) is 0 Å². The smallest absolute Gasteiger partial charge is 0.240 e. The highest BCUT2D eigenvalue weighted by atomic mass is 32.2. The SMILES string of the molecule is Cc1cc(S(=O)(=O)NC2CCOC2)ccc1F. The van der Waals surface area contributed by atoms with Crippen molar-refractivity contribution in [2.75, 3.05) is 13.2 Å². The summed E-state index contributed by atoms with van der Waals surface area (Å²) >= 11 is 0. The molecular formula is C11H14FNO3S. The minimum absolute atomic E-state index is 0.0864. The second kappa shape index (κ2) is 4.72. The fourth-order valence-corrected chi connectivity index (χ4v) is 3.04. The van der Waals surface area contributed by atoms with Crippen molar-refractivity contribution >= 4 is 10.0 Å². The molecule has 0 spiro atoms. The van der Waals surface area contributed by atoms with Gasteiger partial charge < -0.3 is 4.74 Å². The standard InChI is InChI=1S/C11H14FNO3S/c1-8-6-10(2-3-11(8)12)17(14,15)13-9-4-5-16-7-9/h2-3,6,9,13H,4-5,7H2,1H3. The third-order valence-electron chi connectivity index (χ3n) is 2.69. The van der Waals surface area contributed by atoms with E-state index in [0.29, 0.717) is 25.2 Å². The van der Waals surface area contributed by atoms with E-state index in [0.717, 1.165) is 6.07 Å². The van der Waals surface area contributed by atoms with Crippen LogP contribution in [0.4, 0.5) is 4.39 Å². The molecule has 4 nitrogen and oxygen atoms in total. The molecule has 1 heterocycles. The molecular weight excluding hydrogens is 245 g/mol. The third-order valence-corrected chi connectivity index (χ3v) is 4.21. The minimum atomic E-state index is -3.58. The van der Waals surface area contributed by atoms with Crippen molar-refractivity contribution in [2.24, 2.45) is 0 Å². The maximum absolute atomic E-state index is 13.1. The summed E-state index contributed by atoms with van der Waals surface area (Å²) in [5.74, 6) is -0.409. The Morgan fingerprint density at radius 2 is 2.24 bits per heavy atom. The van der Waals surface area contributed by atoms with E-state index in [1.807, 2.05) is 0 Å². The Hall–Kier alpha value is -0.980. The number of rotatable bonds is 3. The zero-order valence-corrected chi connectivity index (χ0v) is 10.3. The predicted octanol–water partition coefficient (Wildman–Crippen LogP) is 1.20.